The summed E-state index contributed by atoms with van der Waals surface area (Å²) < 4.78 is 1.91. The Labute approximate surface area is 138 Å². The molecule has 0 amide bonds. The van der Waals surface area contributed by atoms with Gasteiger partial charge in [0.05, 0.1) is 22.9 Å². The van der Waals surface area contributed by atoms with Crippen molar-refractivity contribution in [3.05, 3.63) is 52.6 Å². The van der Waals surface area contributed by atoms with Crippen molar-refractivity contribution < 1.29 is 0 Å². The van der Waals surface area contributed by atoms with Crippen molar-refractivity contribution in [3.63, 3.8) is 0 Å². The Hall–Kier alpha value is -2.47. The number of rotatable bonds is 4. The lowest BCUT2D eigenvalue weighted by molar-refractivity contribution is 0.473. The quantitative estimate of drug-likeness (QED) is 0.617. The monoisotopic (exact) mass is 323 g/mol. The Bertz CT molecular complexity index is 916. The number of nitrogens with zero attached hydrogens (tertiary/aromatic N) is 4. The maximum Gasteiger partial charge on any atom is 0.129 e. The standard InChI is InChI=1S/C17H17N5S/c1-11-10-23-17(18-11)7-12(2)22-9-16(20-21-22)15-8-13-5-3-4-6-14(13)19-15/h3-6,8-10,12,19H,7H2,1-2H3. The normalized spacial score (nSPS) is 12.8. The molecule has 0 saturated heterocycles. The number of benzene rings is 1. The lowest BCUT2D eigenvalue weighted by Gasteiger charge is -2.08. The van der Waals surface area contributed by atoms with Crippen LogP contribution in [0.25, 0.3) is 22.3 Å². The Morgan fingerprint density at radius 2 is 2.17 bits per heavy atom. The first-order chi connectivity index (χ1) is 11.2. The number of para-hydroxylation sites is 1. The van der Waals surface area contributed by atoms with E-state index in [0.29, 0.717) is 0 Å². The van der Waals surface area contributed by atoms with Crippen LogP contribution in [0.4, 0.5) is 0 Å². The first-order valence-electron chi connectivity index (χ1n) is 7.60. The van der Waals surface area contributed by atoms with E-state index < -0.39 is 0 Å². The van der Waals surface area contributed by atoms with Gasteiger partial charge < -0.3 is 4.98 Å². The molecule has 4 aromatic rings. The average molecular weight is 323 g/mol. The first-order valence-corrected chi connectivity index (χ1v) is 8.48. The summed E-state index contributed by atoms with van der Waals surface area (Å²) in [5.74, 6) is 0. The zero-order valence-electron chi connectivity index (χ0n) is 13.0. The molecule has 0 aliphatic rings. The van der Waals surface area contributed by atoms with Gasteiger partial charge in [-0.2, -0.15) is 0 Å². The van der Waals surface area contributed by atoms with Gasteiger partial charge in [-0.05, 0) is 26.0 Å². The Morgan fingerprint density at radius 1 is 1.30 bits per heavy atom. The van der Waals surface area contributed by atoms with Crippen LogP contribution in [-0.4, -0.2) is 25.0 Å². The van der Waals surface area contributed by atoms with E-state index in [1.807, 2.05) is 29.9 Å². The zero-order valence-corrected chi connectivity index (χ0v) is 13.8. The van der Waals surface area contributed by atoms with Crippen LogP contribution in [0.2, 0.25) is 0 Å². The number of hydrogen-bond acceptors (Lipinski definition) is 4. The zero-order chi connectivity index (χ0) is 15.8. The van der Waals surface area contributed by atoms with Crippen LogP contribution >= 0.6 is 11.3 Å². The summed E-state index contributed by atoms with van der Waals surface area (Å²) in [4.78, 5) is 7.91. The second-order valence-corrected chi connectivity index (χ2v) is 6.73. The minimum Gasteiger partial charge on any atom is -0.353 e. The lowest BCUT2D eigenvalue weighted by atomic mass is 10.2. The molecular formula is C17H17N5S. The highest BCUT2D eigenvalue weighted by atomic mass is 32.1. The molecule has 0 aliphatic carbocycles. The van der Waals surface area contributed by atoms with Crippen molar-refractivity contribution in [2.24, 2.45) is 0 Å². The van der Waals surface area contributed by atoms with Gasteiger partial charge in [0.1, 0.15) is 5.69 Å². The van der Waals surface area contributed by atoms with Crippen molar-refractivity contribution in [1.29, 1.82) is 0 Å². The molecule has 0 spiro atoms. The summed E-state index contributed by atoms with van der Waals surface area (Å²) in [6.07, 6.45) is 2.86. The Balaban J connectivity index is 1.58. The van der Waals surface area contributed by atoms with Crippen molar-refractivity contribution in [3.8, 4) is 11.4 Å². The van der Waals surface area contributed by atoms with Gasteiger partial charge in [-0.25, -0.2) is 9.67 Å². The largest absolute Gasteiger partial charge is 0.353 e. The lowest BCUT2D eigenvalue weighted by Crippen LogP contribution is -2.08. The molecule has 0 fully saturated rings. The predicted octanol–water partition coefficient (Wildman–Crippen LogP) is 4.00. The predicted molar refractivity (Wildman–Crippen MR) is 92.6 cm³/mol. The smallest absolute Gasteiger partial charge is 0.129 e. The van der Waals surface area contributed by atoms with Crippen LogP contribution in [-0.2, 0) is 6.42 Å². The van der Waals surface area contributed by atoms with Gasteiger partial charge in [-0.3, -0.25) is 0 Å². The fourth-order valence-corrected chi connectivity index (χ4v) is 3.56. The van der Waals surface area contributed by atoms with Crippen LogP contribution in [0.15, 0.2) is 41.9 Å². The van der Waals surface area contributed by atoms with Crippen molar-refractivity contribution in [1.82, 2.24) is 25.0 Å². The summed E-state index contributed by atoms with van der Waals surface area (Å²) in [5.41, 5.74) is 4.05. The SMILES string of the molecule is Cc1csc(CC(C)n2cc(-c3cc4ccccc4[nH]3)nn2)n1. The summed E-state index contributed by atoms with van der Waals surface area (Å²) >= 11 is 1.70. The fraction of sp³-hybridized carbons (Fsp3) is 0.235. The number of thiazole rings is 1. The maximum absolute atomic E-state index is 4.52. The van der Waals surface area contributed by atoms with E-state index in [9.17, 15) is 0 Å². The molecule has 1 atom stereocenters. The number of aryl methyl sites for hydroxylation is 1. The number of nitrogens with one attached hydrogen (secondary N) is 1. The molecule has 0 saturated carbocycles. The van der Waals surface area contributed by atoms with E-state index in [1.54, 1.807) is 11.3 Å². The van der Waals surface area contributed by atoms with Crippen LogP contribution in [0, 0.1) is 6.92 Å². The van der Waals surface area contributed by atoms with E-state index in [0.717, 1.165) is 34.0 Å². The second kappa shape index (κ2) is 5.62. The molecule has 3 aromatic heterocycles. The number of hydrogen-bond donors (Lipinski definition) is 1. The minimum atomic E-state index is 0.228. The maximum atomic E-state index is 4.52. The summed E-state index contributed by atoms with van der Waals surface area (Å²) in [7, 11) is 0. The number of H-pyrrole nitrogens is 1. The molecule has 1 unspecified atom stereocenters. The summed E-state index contributed by atoms with van der Waals surface area (Å²) in [6, 6.07) is 10.6. The molecule has 0 bridgehead atoms. The van der Waals surface area contributed by atoms with E-state index in [1.165, 1.54) is 5.39 Å². The number of aromatic amines is 1. The molecule has 1 aromatic carbocycles. The number of fused-ring (bicyclic) bond motifs is 1. The van der Waals surface area contributed by atoms with Gasteiger partial charge in [0.2, 0.25) is 0 Å². The van der Waals surface area contributed by atoms with E-state index in [4.69, 9.17) is 0 Å². The molecule has 0 aliphatic heterocycles. The summed E-state index contributed by atoms with van der Waals surface area (Å²) in [6.45, 7) is 4.16. The topological polar surface area (TPSA) is 59.4 Å². The minimum absolute atomic E-state index is 0.228. The van der Waals surface area contributed by atoms with E-state index >= 15 is 0 Å². The van der Waals surface area contributed by atoms with E-state index in [2.05, 4.69) is 50.8 Å². The molecular weight excluding hydrogens is 306 g/mol. The molecule has 5 nitrogen and oxygen atoms in total. The molecule has 1 N–H and O–H groups in total. The van der Waals surface area contributed by atoms with Crippen LogP contribution in [0.5, 0.6) is 0 Å². The van der Waals surface area contributed by atoms with Crippen molar-refractivity contribution in [2.75, 3.05) is 0 Å². The average Bonchev–Trinajstić information content (AvgIpc) is 3.25. The Kier molecular flexibility index (Phi) is 3.46. The number of aromatic nitrogens is 5. The van der Waals surface area contributed by atoms with Crippen molar-refractivity contribution >= 4 is 22.2 Å². The fourth-order valence-electron chi connectivity index (χ4n) is 2.67. The third-order valence-corrected chi connectivity index (χ3v) is 4.89. The molecule has 3 heterocycles. The van der Waals surface area contributed by atoms with Gasteiger partial charge >= 0.3 is 0 Å². The van der Waals surface area contributed by atoms with Gasteiger partial charge in [0, 0.05) is 28.4 Å². The van der Waals surface area contributed by atoms with Crippen LogP contribution in [0.1, 0.15) is 23.7 Å². The molecule has 4 rings (SSSR count). The van der Waals surface area contributed by atoms with Crippen LogP contribution in [0.3, 0.4) is 0 Å². The van der Waals surface area contributed by atoms with E-state index in [-0.39, 0.29) is 6.04 Å². The first kappa shape index (κ1) is 14.1. The van der Waals surface area contributed by atoms with Gasteiger partial charge in [0.15, 0.2) is 0 Å². The van der Waals surface area contributed by atoms with Gasteiger partial charge in [-0.15, -0.1) is 16.4 Å². The highest BCUT2D eigenvalue weighted by Gasteiger charge is 2.13. The van der Waals surface area contributed by atoms with Crippen LogP contribution < -0.4 is 0 Å². The highest BCUT2D eigenvalue weighted by Crippen LogP contribution is 2.23. The van der Waals surface area contributed by atoms with Crippen molar-refractivity contribution in [2.45, 2.75) is 26.3 Å². The van der Waals surface area contributed by atoms with Gasteiger partial charge in [-0.1, -0.05) is 23.4 Å². The summed E-state index contributed by atoms with van der Waals surface area (Å²) in [5, 5.41) is 13.0. The third kappa shape index (κ3) is 2.77. The molecule has 6 heteroatoms. The Morgan fingerprint density at radius 3 is 2.96 bits per heavy atom. The molecule has 0 radical (unpaired) electrons. The molecule has 116 valence electrons. The van der Waals surface area contributed by atoms with Gasteiger partial charge in [0.25, 0.3) is 0 Å². The second-order valence-electron chi connectivity index (χ2n) is 5.79. The third-order valence-electron chi connectivity index (χ3n) is 3.90. The molecule has 23 heavy (non-hydrogen) atoms. The highest BCUT2D eigenvalue weighted by molar-refractivity contribution is 7.09.